The molecule has 2 heterocycles. The summed E-state index contributed by atoms with van der Waals surface area (Å²) in [6.07, 6.45) is 0. The zero-order valence-electron chi connectivity index (χ0n) is 16.1. The van der Waals surface area contributed by atoms with E-state index >= 15 is 0 Å². The van der Waals surface area contributed by atoms with Crippen LogP contribution in [-0.2, 0) is 9.59 Å². The number of nitrogens with zero attached hydrogens (tertiary/aromatic N) is 2. The minimum Gasteiger partial charge on any atom is -0.337 e. The third kappa shape index (κ3) is 3.37. The normalized spacial score (nSPS) is 14.1. The van der Waals surface area contributed by atoms with Gasteiger partial charge in [-0.1, -0.05) is 41.9 Å². The summed E-state index contributed by atoms with van der Waals surface area (Å²) in [6.45, 7) is 4.39. The Morgan fingerprint density at radius 2 is 1.76 bits per heavy atom. The summed E-state index contributed by atoms with van der Waals surface area (Å²) >= 11 is 7.62. The third-order valence-electron chi connectivity index (χ3n) is 4.89. The number of halogens is 1. The number of thiophene rings is 1. The Kier molecular flexibility index (Phi) is 5.26. The maximum Gasteiger partial charge on any atom is 0.282 e. The zero-order chi connectivity index (χ0) is 20.5. The molecule has 4 nitrogen and oxygen atoms in total. The fourth-order valence-corrected chi connectivity index (χ4v) is 4.46. The second kappa shape index (κ2) is 7.85. The highest BCUT2D eigenvalue weighted by atomic mass is 35.5. The van der Waals surface area contributed by atoms with Gasteiger partial charge in [0.1, 0.15) is 5.70 Å². The van der Waals surface area contributed by atoms with E-state index in [0.717, 1.165) is 16.1 Å². The van der Waals surface area contributed by atoms with Gasteiger partial charge in [-0.05, 0) is 55.1 Å². The van der Waals surface area contributed by atoms with E-state index in [9.17, 15) is 9.59 Å². The second-order valence-corrected chi connectivity index (χ2v) is 8.04. The molecule has 2 aromatic carbocycles. The maximum absolute atomic E-state index is 13.6. The number of aryl methyl sites for hydroxylation is 1. The summed E-state index contributed by atoms with van der Waals surface area (Å²) in [5.74, 6) is -0.665. The molecule has 0 aliphatic carbocycles. The summed E-state index contributed by atoms with van der Waals surface area (Å²) in [5, 5.41) is 2.39. The molecule has 2 amide bonds. The predicted molar refractivity (Wildman–Crippen MR) is 119 cm³/mol. The lowest BCUT2D eigenvalue weighted by Gasteiger charge is -2.25. The fraction of sp³-hybridized carbons (Fsp3) is 0.130. The van der Waals surface area contributed by atoms with E-state index in [0.29, 0.717) is 28.5 Å². The van der Waals surface area contributed by atoms with E-state index in [-0.39, 0.29) is 11.8 Å². The Bertz CT molecular complexity index is 1110. The predicted octanol–water partition coefficient (Wildman–Crippen LogP) is 5.52. The number of hydrogen-bond acceptors (Lipinski definition) is 4. The zero-order valence-corrected chi connectivity index (χ0v) is 17.6. The molecule has 0 radical (unpaired) electrons. The number of carbonyl (C=O) groups excluding carboxylic acids is 2. The van der Waals surface area contributed by atoms with Crippen LogP contribution in [0.2, 0.25) is 5.02 Å². The molecule has 4 rings (SSSR count). The van der Waals surface area contributed by atoms with Gasteiger partial charge in [0.25, 0.3) is 11.8 Å². The Hall–Kier alpha value is -2.89. The van der Waals surface area contributed by atoms with Gasteiger partial charge in [-0.2, -0.15) is 0 Å². The second-order valence-electron chi connectivity index (χ2n) is 6.66. The van der Waals surface area contributed by atoms with Gasteiger partial charge in [-0.3, -0.25) is 9.59 Å². The lowest BCUT2D eigenvalue weighted by Crippen LogP contribution is -2.35. The highest BCUT2D eigenvalue weighted by molar-refractivity contribution is 7.11. The first kappa shape index (κ1) is 19.4. The summed E-state index contributed by atoms with van der Waals surface area (Å²) in [4.78, 5) is 31.1. The van der Waals surface area contributed by atoms with Crippen molar-refractivity contribution < 1.29 is 9.59 Å². The molecule has 1 aliphatic rings. The smallest absolute Gasteiger partial charge is 0.282 e. The van der Waals surface area contributed by atoms with Gasteiger partial charge < -0.3 is 4.90 Å². The highest BCUT2D eigenvalue weighted by Gasteiger charge is 2.43. The summed E-state index contributed by atoms with van der Waals surface area (Å²) < 4.78 is 0. The topological polar surface area (TPSA) is 40.6 Å². The summed E-state index contributed by atoms with van der Waals surface area (Å²) in [6, 6.07) is 18.6. The monoisotopic (exact) mass is 422 g/mol. The molecule has 146 valence electrons. The van der Waals surface area contributed by atoms with E-state index in [4.69, 9.17) is 11.6 Å². The van der Waals surface area contributed by atoms with Crippen molar-refractivity contribution in [1.29, 1.82) is 0 Å². The molecule has 29 heavy (non-hydrogen) atoms. The number of carbonyl (C=O) groups is 2. The van der Waals surface area contributed by atoms with Crippen LogP contribution in [0.1, 0.15) is 17.4 Å². The minimum absolute atomic E-state index is 0.327. The van der Waals surface area contributed by atoms with Crippen LogP contribution in [0, 0.1) is 6.92 Å². The van der Waals surface area contributed by atoms with E-state index in [1.165, 1.54) is 16.2 Å². The molecule has 0 bridgehead atoms. The first-order valence-corrected chi connectivity index (χ1v) is 10.5. The van der Waals surface area contributed by atoms with Crippen LogP contribution >= 0.6 is 22.9 Å². The van der Waals surface area contributed by atoms with Crippen molar-refractivity contribution in [2.24, 2.45) is 0 Å². The number of amides is 2. The number of benzene rings is 2. The molecule has 3 aromatic rings. The number of likely N-dealkylation sites (N-methyl/N-ethyl adjacent to an activating group) is 1. The molecule has 6 heteroatoms. The Balaban J connectivity index is 1.91. The number of anilines is 2. The van der Waals surface area contributed by atoms with Crippen LogP contribution in [0.4, 0.5) is 11.4 Å². The van der Waals surface area contributed by atoms with Crippen LogP contribution in [0.3, 0.4) is 0 Å². The van der Waals surface area contributed by atoms with Crippen LogP contribution in [0.5, 0.6) is 0 Å². The first-order valence-electron chi connectivity index (χ1n) is 9.28. The van der Waals surface area contributed by atoms with Crippen molar-refractivity contribution >= 4 is 51.7 Å². The van der Waals surface area contributed by atoms with Crippen molar-refractivity contribution in [3.8, 4) is 0 Å². The molecular formula is C23H19ClN2O2S. The van der Waals surface area contributed by atoms with Gasteiger partial charge in [0, 0.05) is 22.1 Å². The SMILES string of the molecule is CCN(C1=C(c2cccs2)C(=O)N(c2cc(Cl)ccc2C)C1=O)c1ccccc1. The molecular weight excluding hydrogens is 404 g/mol. The van der Waals surface area contributed by atoms with Gasteiger partial charge in [-0.25, -0.2) is 4.90 Å². The highest BCUT2D eigenvalue weighted by Crippen LogP contribution is 2.39. The van der Waals surface area contributed by atoms with Crippen molar-refractivity contribution in [2.75, 3.05) is 16.3 Å². The van der Waals surface area contributed by atoms with Crippen molar-refractivity contribution in [1.82, 2.24) is 0 Å². The molecule has 1 aromatic heterocycles. The molecule has 0 atom stereocenters. The molecule has 0 unspecified atom stereocenters. The van der Waals surface area contributed by atoms with E-state index in [1.807, 2.05) is 72.7 Å². The largest absolute Gasteiger partial charge is 0.337 e. The van der Waals surface area contributed by atoms with Crippen LogP contribution < -0.4 is 9.80 Å². The summed E-state index contributed by atoms with van der Waals surface area (Å²) in [5.41, 5.74) is 3.01. The van der Waals surface area contributed by atoms with Crippen molar-refractivity contribution in [3.05, 3.63) is 87.2 Å². The molecule has 0 saturated carbocycles. The summed E-state index contributed by atoms with van der Waals surface area (Å²) in [7, 11) is 0. The third-order valence-corrected chi connectivity index (χ3v) is 6.02. The molecule has 0 N–H and O–H groups in total. The first-order chi connectivity index (χ1) is 14.0. The minimum atomic E-state index is -0.338. The van der Waals surface area contributed by atoms with E-state index < -0.39 is 0 Å². The van der Waals surface area contributed by atoms with Crippen LogP contribution in [-0.4, -0.2) is 18.4 Å². The Morgan fingerprint density at radius 3 is 2.41 bits per heavy atom. The average molecular weight is 423 g/mol. The molecule has 0 spiro atoms. The molecule has 1 aliphatic heterocycles. The number of hydrogen-bond donors (Lipinski definition) is 0. The number of para-hydroxylation sites is 1. The molecule has 0 saturated heterocycles. The van der Waals surface area contributed by atoms with Gasteiger partial charge in [0.15, 0.2) is 0 Å². The van der Waals surface area contributed by atoms with E-state index in [1.54, 1.807) is 12.1 Å². The van der Waals surface area contributed by atoms with E-state index in [2.05, 4.69) is 0 Å². The van der Waals surface area contributed by atoms with Gasteiger partial charge in [0.2, 0.25) is 0 Å². The molecule has 0 fully saturated rings. The number of rotatable bonds is 5. The Morgan fingerprint density at radius 1 is 1.00 bits per heavy atom. The van der Waals surface area contributed by atoms with Crippen LogP contribution in [0.15, 0.2) is 71.7 Å². The van der Waals surface area contributed by atoms with Crippen molar-refractivity contribution in [2.45, 2.75) is 13.8 Å². The average Bonchev–Trinajstić information content (AvgIpc) is 3.33. The quantitative estimate of drug-likeness (QED) is 0.508. The fourth-order valence-electron chi connectivity index (χ4n) is 3.53. The standard InChI is InChI=1S/C23H19ClN2O2S/c1-3-25(17-8-5-4-6-9-17)21-20(19-10-7-13-29-19)22(27)26(23(21)28)18-14-16(24)12-11-15(18)2/h4-14H,3H2,1-2H3. The Labute approximate surface area is 178 Å². The lowest BCUT2D eigenvalue weighted by molar-refractivity contribution is -0.120. The van der Waals surface area contributed by atoms with Crippen LogP contribution in [0.25, 0.3) is 5.57 Å². The van der Waals surface area contributed by atoms with Crippen molar-refractivity contribution in [3.63, 3.8) is 0 Å². The van der Waals surface area contributed by atoms with Gasteiger partial charge >= 0.3 is 0 Å². The lowest BCUT2D eigenvalue weighted by atomic mass is 10.1. The number of imide groups is 1. The van der Waals surface area contributed by atoms with Gasteiger partial charge in [0.05, 0.1) is 11.3 Å². The van der Waals surface area contributed by atoms with Gasteiger partial charge in [-0.15, -0.1) is 11.3 Å². The maximum atomic E-state index is 13.6.